The van der Waals surface area contributed by atoms with Crippen LogP contribution in [0.3, 0.4) is 0 Å². The van der Waals surface area contributed by atoms with Gasteiger partial charge >= 0.3 is 22.1 Å². The summed E-state index contributed by atoms with van der Waals surface area (Å²) < 4.78 is 38.3. The third kappa shape index (κ3) is 9.15. The van der Waals surface area contributed by atoms with Crippen LogP contribution in [0.15, 0.2) is 47.4 Å². The average molecular weight is 576 g/mol. The van der Waals surface area contributed by atoms with Crippen molar-refractivity contribution in [2.24, 2.45) is 0 Å². The zero-order valence-electron chi connectivity index (χ0n) is 25.1. The molecule has 0 aliphatic carbocycles. The highest BCUT2D eigenvalue weighted by Crippen LogP contribution is 2.31. The van der Waals surface area contributed by atoms with Crippen molar-refractivity contribution in [1.82, 2.24) is 10.2 Å². The van der Waals surface area contributed by atoms with Crippen LogP contribution in [0.25, 0.3) is 0 Å². The van der Waals surface area contributed by atoms with Gasteiger partial charge in [-0.1, -0.05) is 31.5 Å². The Hall–Kier alpha value is -3.27. The van der Waals surface area contributed by atoms with E-state index in [1.807, 2.05) is 61.5 Å². The molecule has 0 aliphatic rings. The lowest BCUT2D eigenvalue weighted by Crippen LogP contribution is -2.50. The summed E-state index contributed by atoms with van der Waals surface area (Å²) in [5.41, 5.74) is 0.754. The normalized spacial score (nSPS) is 11.7. The molecule has 0 saturated heterocycles. The fourth-order valence-corrected chi connectivity index (χ4v) is 5.15. The number of ether oxygens (including phenoxy) is 1. The van der Waals surface area contributed by atoms with Crippen molar-refractivity contribution in [3.63, 3.8) is 0 Å². The van der Waals surface area contributed by atoms with Crippen LogP contribution in [-0.2, 0) is 21.4 Å². The number of anilines is 1. The molecule has 40 heavy (non-hydrogen) atoms. The van der Waals surface area contributed by atoms with Gasteiger partial charge in [0.2, 0.25) is 0 Å². The van der Waals surface area contributed by atoms with Gasteiger partial charge in [0.25, 0.3) is 0 Å². The number of esters is 1. The predicted molar refractivity (Wildman–Crippen MR) is 158 cm³/mol. The van der Waals surface area contributed by atoms with Crippen molar-refractivity contribution in [2.45, 2.75) is 91.3 Å². The lowest BCUT2D eigenvalue weighted by atomic mass is 10.1. The van der Waals surface area contributed by atoms with Gasteiger partial charge in [-0.2, -0.15) is 8.42 Å². The lowest BCUT2D eigenvalue weighted by Gasteiger charge is -2.32. The second kappa shape index (κ2) is 14.4. The first kappa shape index (κ1) is 32.9. The molecule has 2 rings (SSSR count). The van der Waals surface area contributed by atoms with E-state index in [1.165, 1.54) is 18.2 Å². The lowest BCUT2D eigenvalue weighted by molar-refractivity contribution is 0.0495. The molecule has 2 amide bonds. The van der Waals surface area contributed by atoms with Gasteiger partial charge in [0.1, 0.15) is 10.6 Å². The third-order valence-corrected chi connectivity index (χ3v) is 7.49. The van der Waals surface area contributed by atoms with Crippen LogP contribution in [0.5, 0.6) is 5.75 Å². The van der Waals surface area contributed by atoms with Gasteiger partial charge in [-0.25, -0.2) is 9.59 Å². The van der Waals surface area contributed by atoms with Gasteiger partial charge in [-0.05, 0) is 73.1 Å². The number of hydrogen-bond donors (Lipinski definition) is 1. The van der Waals surface area contributed by atoms with E-state index in [0.29, 0.717) is 25.1 Å². The Bertz CT molecular complexity index is 1250. The molecule has 2 aromatic carbocycles. The summed E-state index contributed by atoms with van der Waals surface area (Å²) in [5, 5.41) is 2.97. The van der Waals surface area contributed by atoms with Crippen LogP contribution in [0.2, 0.25) is 0 Å². The van der Waals surface area contributed by atoms with Crippen molar-refractivity contribution in [1.29, 1.82) is 0 Å². The number of nitrogens with one attached hydrogen (secondary N) is 1. The van der Waals surface area contributed by atoms with Crippen LogP contribution in [0, 0.1) is 0 Å². The van der Waals surface area contributed by atoms with Gasteiger partial charge < -0.3 is 24.0 Å². The van der Waals surface area contributed by atoms with E-state index in [9.17, 15) is 18.0 Å². The Morgan fingerprint density at radius 1 is 1.00 bits per heavy atom. The second-order valence-corrected chi connectivity index (χ2v) is 12.4. The first-order valence-electron chi connectivity index (χ1n) is 13.9. The van der Waals surface area contributed by atoms with Crippen LogP contribution in [0.4, 0.5) is 10.5 Å². The average Bonchev–Trinajstić information content (AvgIpc) is 2.87. The highest BCUT2D eigenvalue weighted by molar-refractivity contribution is 7.87. The van der Waals surface area contributed by atoms with Gasteiger partial charge in [0, 0.05) is 42.0 Å². The minimum Gasteiger partial charge on any atom is -0.462 e. The SMILES string of the molecule is CCCCOC(=O)c1ccccc1S(=O)(=O)Oc1cc(N(CC)CC)ccc1CN(C(=O)NC(C)(C)C)C(C)C. The first-order chi connectivity index (χ1) is 18.7. The number of carbonyl (C=O) groups is 2. The number of rotatable bonds is 13. The smallest absolute Gasteiger partial charge is 0.340 e. The Balaban J connectivity index is 2.55. The zero-order chi connectivity index (χ0) is 30.1. The molecule has 2 aromatic rings. The standard InChI is InChI=1S/C30H45N3O6S/c1-9-12-19-38-28(34)25-15-13-14-16-27(25)40(36,37)39-26-20-24(32(10-2)11-3)18-17-23(26)21-33(22(4)5)29(35)31-30(6,7)8/h13-18,20,22H,9-12,19,21H2,1-8H3,(H,31,35). The van der Waals surface area contributed by atoms with Gasteiger partial charge in [-0.15, -0.1) is 0 Å². The fraction of sp³-hybridized carbons (Fsp3) is 0.533. The molecule has 9 nitrogen and oxygen atoms in total. The maximum absolute atomic E-state index is 13.6. The fourth-order valence-electron chi connectivity index (χ4n) is 4.01. The topological polar surface area (TPSA) is 105 Å². The minimum atomic E-state index is -4.44. The molecule has 0 saturated carbocycles. The van der Waals surface area contributed by atoms with Crippen LogP contribution >= 0.6 is 0 Å². The Labute approximate surface area is 240 Å². The quantitative estimate of drug-likeness (QED) is 0.178. The van der Waals surface area contributed by atoms with Gasteiger partial charge in [0.15, 0.2) is 0 Å². The Kier molecular flexibility index (Phi) is 11.8. The van der Waals surface area contributed by atoms with Gasteiger partial charge in [0.05, 0.1) is 18.7 Å². The molecule has 10 heteroatoms. The number of unbranched alkanes of at least 4 members (excludes halogenated alkanes) is 1. The minimum absolute atomic E-state index is 0.0894. The van der Waals surface area contributed by atoms with E-state index in [4.69, 9.17) is 8.92 Å². The summed E-state index contributed by atoms with van der Waals surface area (Å²) in [5.74, 6) is -0.633. The molecule has 0 heterocycles. The second-order valence-electron chi connectivity index (χ2n) is 10.9. The van der Waals surface area contributed by atoms with Gasteiger partial charge in [-0.3, -0.25) is 0 Å². The maximum atomic E-state index is 13.6. The molecular formula is C30H45N3O6S. The summed E-state index contributed by atoms with van der Waals surface area (Å²) in [4.78, 5) is 29.3. The summed E-state index contributed by atoms with van der Waals surface area (Å²) in [6, 6.07) is 10.7. The summed E-state index contributed by atoms with van der Waals surface area (Å²) in [6.07, 6.45) is 1.51. The molecule has 1 N–H and O–H groups in total. The van der Waals surface area contributed by atoms with E-state index in [0.717, 1.165) is 12.1 Å². The zero-order valence-corrected chi connectivity index (χ0v) is 25.9. The highest BCUT2D eigenvalue weighted by Gasteiger charge is 2.28. The molecular weight excluding hydrogens is 530 g/mol. The number of amides is 2. The predicted octanol–water partition coefficient (Wildman–Crippen LogP) is 5.98. The van der Waals surface area contributed by atoms with E-state index < -0.39 is 21.6 Å². The van der Waals surface area contributed by atoms with E-state index >= 15 is 0 Å². The molecule has 0 aliphatic heterocycles. The molecule has 0 fully saturated rings. The monoisotopic (exact) mass is 575 g/mol. The Morgan fingerprint density at radius 3 is 2.23 bits per heavy atom. The molecule has 0 radical (unpaired) electrons. The summed E-state index contributed by atoms with van der Waals surface area (Å²) >= 11 is 0. The van der Waals surface area contributed by atoms with E-state index in [2.05, 4.69) is 10.2 Å². The molecule has 222 valence electrons. The van der Waals surface area contributed by atoms with Crippen LogP contribution in [0.1, 0.15) is 84.2 Å². The molecule has 0 aromatic heterocycles. The largest absolute Gasteiger partial charge is 0.462 e. The van der Waals surface area contributed by atoms with E-state index in [-0.39, 0.29) is 41.4 Å². The summed E-state index contributed by atoms with van der Waals surface area (Å²) in [6.45, 7) is 17.2. The van der Waals surface area contributed by atoms with E-state index in [1.54, 1.807) is 23.1 Å². The number of urea groups is 1. The van der Waals surface area contributed by atoms with Crippen molar-refractivity contribution < 1.29 is 26.9 Å². The Morgan fingerprint density at radius 2 is 1.65 bits per heavy atom. The van der Waals surface area contributed by atoms with Crippen molar-refractivity contribution in [3.8, 4) is 5.75 Å². The molecule has 0 atom stereocenters. The van der Waals surface area contributed by atoms with Crippen molar-refractivity contribution in [2.75, 3.05) is 24.6 Å². The third-order valence-electron chi connectivity index (χ3n) is 6.19. The van der Waals surface area contributed by atoms with Crippen molar-refractivity contribution >= 4 is 27.8 Å². The highest BCUT2D eigenvalue weighted by atomic mass is 32.2. The number of hydrogen-bond acceptors (Lipinski definition) is 7. The molecule has 0 spiro atoms. The molecule has 0 unspecified atom stereocenters. The molecule has 0 bridgehead atoms. The first-order valence-corrected chi connectivity index (χ1v) is 15.3. The maximum Gasteiger partial charge on any atom is 0.340 e. The van der Waals surface area contributed by atoms with Crippen LogP contribution < -0.4 is 14.4 Å². The van der Waals surface area contributed by atoms with Crippen LogP contribution in [-0.4, -0.2) is 56.6 Å². The number of nitrogens with zero attached hydrogens (tertiary/aromatic N) is 2. The number of benzene rings is 2. The number of carbonyl (C=O) groups excluding carboxylic acids is 2. The summed E-state index contributed by atoms with van der Waals surface area (Å²) in [7, 11) is -4.44. The van der Waals surface area contributed by atoms with Crippen molar-refractivity contribution in [3.05, 3.63) is 53.6 Å².